The lowest BCUT2D eigenvalue weighted by Crippen LogP contribution is -2.38. The summed E-state index contributed by atoms with van der Waals surface area (Å²) in [6.45, 7) is 1.45. The molecule has 0 atom stereocenters. The van der Waals surface area contributed by atoms with Crippen molar-refractivity contribution >= 4 is 11.8 Å². The van der Waals surface area contributed by atoms with Crippen molar-refractivity contribution in [2.45, 2.75) is 38.1 Å². The number of ether oxygens (including phenoxy) is 1. The first-order chi connectivity index (χ1) is 11.2. The van der Waals surface area contributed by atoms with Crippen LogP contribution in [0.5, 0.6) is 0 Å². The molecule has 1 aromatic rings. The maximum absolute atomic E-state index is 12.5. The van der Waals surface area contributed by atoms with Gasteiger partial charge in [0.05, 0.1) is 0 Å². The summed E-state index contributed by atoms with van der Waals surface area (Å²) >= 11 is 0. The van der Waals surface area contributed by atoms with Gasteiger partial charge >= 0.3 is 0 Å². The smallest absolute Gasteiger partial charge is 0.251 e. The zero-order valence-electron chi connectivity index (χ0n) is 13.6. The van der Waals surface area contributed by atoms with E-state index in [0.717, 1.165) is 44.3 Å². The van der Waals surface area contributed by atoms with Crippen LogP contribution in [0, 0.1) is 5.92 Å². The lowest BCUT2D eigenvalue weighted by atomic mass is 9.86. The Bertz CT molecular complexity index is 592. The van der Waals surface area contributed by atoms with E-state index in [1.54, 1.807) is 19.2 Å². The number of methoxy groups -OCH3 is 1. The van der Waals surface area contributed by atoms with E-state index in [-0.39, 0.29) is 17.9 Å². The number of hydrogen-bond donors (Lipinski definition) is 2. The molecule has 2 aliphatic rings. The average molecular weight is 316 g/mol. The molecule has 0 unspecified atom stereocenters. The molecule has 1 aliphatic heterocycles. The summed E-state index contributed by atoms with van der Waals surface area (Å²) < 4.78 is 5.21. The van der Waals surface area contributed by atoms with Crippen LogP contribution < -0.4 is 10.6 Å². The number of benzene rings is 1. The van der Waals surface area contributed by atoms with Gasteiger partial charge in [0.2, 0.25) is 0 Å². The first kappa shape index (κ1) is 16.0. The molecule has 1 heterocycles. The highest BCUT2D eigenvalue weighted by atomic mass is 16.5. The Morgan fingerprint density at radius 2 is 2.09 bits per heavy atom. The van der Waals surface area contributed by atoms with Crippen LogP contribution in [0.25, 0.3) is 0 Å². The number of nitrogens with one attached hydrogen (secondary N) is 2. The van der Waals surface area contributed by atoms with Crippen LogP contribution in [-0.2, 0) is 11.2 Å². The standard InChI is InChI=1S/C18H24N2O3/c1-23-11-12-2-5-15(6-3-12)20-17(21)14-4-7-16-13(10-14)8-9-19-18(16)22/h4,7,10,12,15H,2-3,5-6,8-9,11H2,1H3,(H,19,22)(H,20,21). The van der Waals surface area contributed by atoms with Gasteiger partial charge in [-0.25, -0.2) is 0 Å². The van der Waals surface area contributed by atoms with E-state index in [1.807, 2.05) is 6.07 Å². The summed E-state index contributed by atoms with van der Waals surface area (Å²) in [6.07, 6.45) is 5.00. The normalized spacial score (nSPS) is 23.8. The van der Waals surface area contributed by atoms with E-state index in [1.165, 1.54) is 0 Å². The van der Waals surface area contributed by atoms with Gasteiger partial charge in [0.25, 0.3) is 11.8 Å². The molecular weight excluding hydrogens is 292 g/mol. The number of fused-ring (bicyclic) bond motifs is 1. The summed E-state index contributed by atoms with van der Waals surface area (Å²) in [7, 11) is 1.74. The number of carbonyl (C=O) groups excluding carboxylic acids is 2. The molecule has 2 amide bonds. The minimum absolute atomic E-state index is 0.0334. The number of amides is 2. The van der Waals surface area contributed by atoms with E-state index < -0.39 is 0 Å². The fourth-order valence-electron chi connectivity index (χ4n) is 3.55. The largest absolute Gasteiger partial charge is 0.384 e. The third kappa shape index (κ3) is 3.72. The van der Waals surface area contributed by atoms with E-state index >= 15 is 0 Å². The lowest BCUT2D eigenvalue weighted by molar-refractivity contribution is 0.0894. The molecule has 0 radical (unpaired) electrons. The van der Waals surface area contributed by atoms with Gasteiger partial charge in [-0.05, 0) is 61.8 Å². The second-order valence-electron chi connectivity index (χ2n) is 6.52. The third-order valence-electron chi connectivity index (χ3n) is 4.88. The van der Waals surface area contributed by atoms with E-state index in [0.29, 0.717) is 23.6 Å². The lowest BCUT2D eigenvalue weighted by Gasteiger charge is -2.28. The Morgan fingerprint density at radius 3 is 2.83 bits per heavy atom. The van der Waals surface area contributed by atoms with Crippen LogP contribution in [0.1, 0.15) is 52.0 Å². The predicted octanol–water partition coefficient (Wildman–Crippen LogP) is 1.91. The Balaban J connectivity index is 1.60. The van der Waals surface area contributed by atoms with Crippen molar-refractivity contribution in [3.63, 3.8) is 0 Å². The van der Waals surface area contributed by atoms with E-state index in [9.17, 15) is 9.59 Å². The van der Waals surface area contributed by atoms with Gasteiger partial charge in [-0.2, -0.15) is 0 Å². The van der Waals surface area contributed by atoms with Crippen LogP contribution in [0.15, 0.2) is 18.2 Å². The summed E-state index contributed by atoms with van der Waals surface area (Å²) in [5.41, 5.74) is 2.30. The Kier molecular flexibility index (Phi) is 4.96. The van der Waals surface area contributed by atoms with Crippen molar-refractivity contribution in [3.05, 3.63) is 34.9 Å². The van der Waals surface area contributed by atoms with E-state index in [4.69, 9.17) is 4.74 Å². The van der Waals surface area contributed by atoms with Crippen LogP contribution in [-0.4, -0.2) is 38.1 Å². The van der Waals surface area contributed by atoms with Crippen molar-refractivity contribution in [2.24, 2.45) is 5.92 Å². The molecule has 1 aromatic carbocycles. The van der Waals surface area contributed by atoms with Gasteiger partial charge in [-0.1, -0.05) is 0 Å². The van der Waals surface area contributed by atoms with Crippen LogP contribution in [0.2, 0.25) is 0 Å². The third-order valence-corrected chi connectivity index (χ3v) is 4.88. The SMILES string of the molecule is COCC1CCC(NC(=O)c2ccc3c(c2)CCNC3=O)CC1. The molecule has 23 heavy (non-hydrogen) atoms. The Hall–Kier alpha value is -1.88. The Labute approximate surface area is 136 Å². The topological polar surface area (TPSA) is 67.4 Å². The highest BCUT2D eigenvalue weighted by Crippen LogP contribution is 2.25. The molecule has 0 saturated heterocycles. The van der Waals surface area contributed by atoms with Gasteiger partial charge in [-0.3, -0.25) is 9.59 Å². The van der Waals surface area contributed by atoms with Gasteiger partial charge in [0.1, 0.15) is 0 Å². The molecule has 124 valence electrons. The van der Waals surface area contributed by atoms with E-state index in [2.05, 4.69) is 10.6 Å². The van der Waals surface area contributed by atoms with Gasteiger partial charge in [-0.15, -0.1) is 0 Å². The van der Waals surface area contributed by atoms with Crippen molar-refractivity contribution < 1.29 is 14.3 Å². The second kappa shape index (κ2) is 7.13. The zero-order chi connectivity index (χ0) is 16.2. The predicted molar refractivity (Wildman–Crippen MR) is 87.6 cm³/mol. The number of carbonyl (C=O) groups is 2. The molecule has 0 bridgehead atoms. The van der Waals surface area contributed by atoms with Crippen LogP contribution >= 0.6 is 0 Å². The monoisotopic (exact) mass is 316 g/mol. The minimum atomic E-state index is -0.0466. The number of hydrogen-bond acceptors (Lipinski definition) is 3. The molecule has 1 saturated carbocycles. The zero-order valence-corrected chi connectivity index (χ0v) is 13.6. The summed E-state index contributed by atoms with van der Waals surface area (Å²) in [4.78, 5) is 24.2. The molecule has 0 spiro atoms. The maximum atomic E-state index is 12.5. The second-order valence-corrected chi connectivity index (χ2v) is 6.52. The molecule has 5 nitrogen and oxygen atoms in total. The highest BCUT2D eigenvalue weighted by Gasteiger charge is 2.23. The molecule has 3 rings (SSSR count). The molecule has 2 N–H and O–H groups in total. The van der Waals surface area contributed by atoms with Crippen LogP contribution in [0.4, 0.5) is 0 Å². The summed E-state index contributed by atoms with van der Waals surface area (Å²) in [5, 5.41) is 5.95. The summed E-state index contributed by atoms with van der Waals surface area (Å²) in [6, 6.07) is 5.61. The molecule has 1 aliphatic carbocycles. The average Bonchev–Trinajstić information content (AvgIpc) is 2.57. The van der Waals surface area contributed by atoms with Crippen molar-refractivity contribution in [1.29, 1.82) is 0 Å². The molecule has 5 heteroatoms. The summed E-state index contributed by atoms with van der Waals surface area (Å²) in [5.74, 6) is 0.541. The van der Waals surface area contributed by atoms with Crippen molar-refractivity contribution in [3.8, 4) is 0 Å². The molecule has 1 fully saturated rings. The quantitative estimate of drug-likeness (QED) is 0.891. The highest BCUT2D eigenvalue weighted by molar-refractivity contribution is 5.99. The minimum Gasteiger partial charge on any atom is -0.384 e. The molecule has 0 aromatic heterocycles. The van der Waals surface area contributed by atoms with Gasteiger partial charge in [0.15, 0.2) is 0 Å². The van der Waals surface area contributed by atoms with Crippen molar-refractivity contribution in [2.75, 3.05) is 20.3 Å². The van der Waals surface area contributed by atoms with Gasteiger partial charge < -0.3 is 15.4 Å². The first-order valence-corrected chi connectivity index (χ1v) is 8.38. The van der Waals surface area contributed by atoms with Gasteiger partial charge in [0, 0.05) is 37.4 Å². The fraction of sp³-hybridized carbons (Fsp3) is 0.556. The number of rotatable bonds is 4. The Morgan fingerprint density at radius 1 is 1.30 bits per heavy atom. The van der Waals surface area contributed by atoms with Crippen LogP contribution in [0.3, 0.4) is 0 Å². The first-order valence-electron chi connectivity index (χ1n) is 8.38. The fourth-order valence-corrected chi connectivity index (χ4v) is 3.55. The maximum Gasteiger partial charge on any atom is 0.251 e. The molecular formula is C18H24N2O3. The van der Waals surface area contributed by atoms with Crippen molar-refractivity contribution in [1.82, 2.24) is 10.6 Å².